The van der Waals surface area contributed by atoms with E-state index in [1.807, 2.05) is 47.4 Å². The number of hydrogen-bond donors (Lipinski definition) is 0. The molecule has 2 aromatic carbocycles. The summed E-state index contributed by atoms with van der Waals surface area (Å²) in [5.74, 6) is 0.769. The zero-order valence-corrected chi connectivity index (χ0v) is 18.7. The van der Waals surface area contributed by atoms with Crippen molar-refractivity contribution < 1.29 is 9.32 Å². The van der Waals surface area contributed by atoms with E-state index in [0.717, 1.165) is 69.6 Å². The minimum Gasteiger partial charge on any atom is -0.356 e. The number of nitrogens with zero attached hydrogens (tertiary/aromatic N) is 3. The Labute approximate surface area is 194 Å². The van der Waals surface area contributed by atoms with E-state index in [1.165, 1.54) is 0 Å². The van der Waals surface area contributed by atoms with E-state index in [9.17, 15) is 4.79 Å². The van der Waals surface area contributed by atoms with Gasteiger partial charge in [0, 0.05) is 38.8 Å². The van der Waals surface area contributed by atoms with Crippen LogP contribution < -0.4 is 0 Å². The molecule has 160 valence electrons. The summed E-state index contributed by atoms with van der Waals surface area (Å²) in [5.41, 5.74) is 6.48. The van der Waals surface area contributed by atoms with Crippen molar-refractivity contribution in [3.8, 4) is 11.3 Å². The molecule has 0 saturated carbocycles. The maximum atomic E-state index is 13.8. The second-order valence-corrected chi connectivity index (χ2v) is 9.22. The number of hydrogen-bond acceptors (Lipinski definition) is 4. The van der Waals surface area contributed by atoms with E-state index in [1.54, 1.807) is 0 Å². The smallest absolute Gasteiger partial charge is 0.255 e. The second kappa shape index (κ2) is 7.61. The van der Waals surface area contributed by atoms with E-state index in [4.69, 9.17) is 32.7 Å². The first-order chi connectivity index (χ1) is 15.6. The average molecular weight is 464 g/mol. The third-order valence-electron chi connectivity index (χ3n) is 6.42. The molecule has 1 aliphatic carbocycles. The molecule has 7 heteroatoms. The molecule has 0 bridgehead atoms. The summed E-state index contributed by atoms with van der Waals surface area (Å²) in [6.07, 6.45) is 3.49. The monoisotopic (exact) mass is 463 g/mol. The van der Waals surface area contributed by atoms with Crippen LogP contribution in [0.2, 0.25) is 10.0 Å². The van der Waals surface area contributed by atoms with Crippen molar-refractivity contribution in [1.82, 2.24) is 15.0 Å². The number of aromatic nitrogens is 2. The fraction of sp³-hybridized carbons (Fsp3) is 0.240. The van der Waals surface area contributed by atoms with Crippen LogP contribution in [-0.4, -0.2) is 27.5 Å². The molecule has 5 nitrogen and oxygen atoms in total. The van der Waals surface area contributed by atoms with Crippen molar-refractivity contribution in [2.75, 3.05) is 6.54 Å². The number of carbonyl (C=O) groups excluding carboxylic acids is 1. The van der Waals surface area contributed by atoms with Gasteiger partial charge in [-0.2, -0.15) is 0 Å². The Bertz CT molecular complexity index is 1380. The van der Waals surface area contributed by atoms with Crippen LogP contribution in [0.15, 0.2) is 47.0 Å². The van der Waals surface area contributed by atoms with Crippen molar-refractivity contribution in [2.24, 2.45) is 0 Å². The van der Waals surface area contributed by atoms with E-state index < -0.39 is 0 Å². The topological polar surface area (TPSA) is 59.2 Å². The first-order valence-electron chi connectivity index (χ1n) is 10.7. The standard InChI is InChI=1S/C25H19Cl2N3O2/c26-15-6-4-14(5-7-15)24-18-10-11-30(13-22(18)29-32-24)25(31)23-17-2-1-3-20(17)28-21-9-8-16(27)12-19(21)23/h4-9,12H,1-3,10-11,13H2. The molecule has 0 fully saturated rings. The lowest BCUT2D eigenvalue weighted by atomic mass is 9.97. The Morgan fingerprint density at radius 2 is 1.75 bits per heavy atom. The Hall–Kier alpha value is -2.89. The fourth-order valence-electron chi connectivity index (χ4n) is 4.87. The molecule has 0 N–H and O–H groups in total. The number of pyridine rings is 1. The molecule has 0 atom stereocenters. The highest BCUT2D eigenvalue weighted by atomic mass is 35.5. The third-order valence-corrected chi connectivity index (χ3v) is 6.91. The fourth-order valence-corrected chi connectivity index (χ4v) is 5.17. The largest absolute Gasteiger partial charge is 0.356 e. The van der Waals surface area contributed by atoms with Gasteiger partial charge in [-0.05, 0) is 73.7 Å². The highest BCUT2D eigenvalue weighted by Gasteiger charge is 2.31. The molecule has 1 amide bonds. The second-order valence-electron chi connectivity index (χ2n) is 8.35. The third kappa shape index (κ3) is 3.19. The van der Waals surface area contributed by atoms with Crippen molar-refractivity contribution in [3.63, 3.8) is 0 Å². The highest BCUT2D eigenvalue weighted by Crippen LogP contribution is 2.35. The van der Waals surface area contributed by atoms with E-state index in [0.29, 0.717) is 29.6 Å². The van der Waals surface area contributed by atoms with Crippen LogP contribution in [0.25, 0.3) is 22.2 Å². The molecule has 0 saturated heterocycles. The maximum Gasteiger partial charge on any atom is 0.255 e. The van der Waals surface area contributed by atoms with Gasteiger partial charge in [-0.1, -0.05) is 28.4 Å². The molecular formula is C25H19Cl2N3O2. The van der Waals surface area contributed by atoms with Gasteiger partial charge in [-0.3, -0.25) is 9.78 Å². The minimum absolute atomic E-state index is 0.0134. The van der Waals surface area contributed by atoms with Gasteiger partial charge in [0.05, 0.1) is 17.6 Å². The number of carbonyl (C=O) groups is 1. The summed E-state index contributed by atoms with van der Waals surface area (Å²) in [5, 5.41) is 6.41. The summed E-state index contributed by atoms with van der Waals surface area (Å²) in [7, 11) is 0. The first kappa shape index (κ1) is 19.8. The van der Waals surface area contributed by atoms with Crippen LogP contribution in [0, 0.1) is 0 Å². The number of rotatable bonds is 2. The molecular weight excluding hydrogens is 445 g/mol. The first-order valence-corrected chi connectivity index (χ1v) is 11.5. The van der Waals surface area contributed by atoms with Crippen LogP contribution in [-0.2, 0) is 25.8 Å². The molecule has 2 aliphatic rings. The van der Waals surface area contributed by atoms with Gasteiger partial charge in [0.1, 0.15) is 5.69 Å². The van der Waals surface area contributed by atoms with Crippen molar-refractivity contribution >= 4 is 40.0 Å². The number of aryl methyl sites for hydroxylation is 1. The molecule has 4 aromatic rings. The summed E-state index contributed by atoms with van der Waals surface area (Å²) in [6, 6.07) is 13.1. The van der Waals surface area contributed by atoms with Crippen LogP contribution in [0.5, 0.6) is 0 Å². The Morgan fingerprint density at radius 1 is 0.938 bits per heavy atom. The number of amides is 1. The Kier molecular flexibility index (Phi) is 4.70. The molecule has 6 rings (SSSR count). The average Bonchev–Trinajstić information content (AvgIpc) is 3.44. The normalized spacial score (nSPS) is 15.1. The van der Waals surface area contributed by atoms with E-state index in [2.05, 4.69) is 5.16 Å². The summed E-state index contributed by atoms with van der Waals surface area (Å²) < 4.78 is 5.68. The van der Waals surface area contributed by atoms with Crippen molar-refractivity contribution in [1.29, 1.82) is 0 Å². The molecule has 1 aliphatic heterocycles. The van der Waals surface area contributed by atoms with Gasteiger partial charge in [-0.15, -0.1) is 0 Å². The molecule has 0 spiro atoms. The van der Waals surface area contributed by atoms with Crippen molar-refractivity contribution in [2.45, 2.75) is 32.2 Å². The SMILES string of the molecule is O=C(c1c2c(nc3ccc(Cl)cc13)CCC2)N1CCc2c(noc2-c2ccc(Cl)cc2)C1. The summed E-state index contributed by atoms with van der Waals surface area (Å²) in [4.78, 5) is 20.5. The molecule has 0 radical (unpaired) electrons. The quantitative estimate of drug-likeness (QED) is 0.372. The van der Waals surface area contributed by atoms with Crippen molar-refractivity contribution in [3.05, 3.63) is 80.6 Å². The van der Waals surface area contributed by atoms with Crippen LogP contribution in [0.4, 0.5) is 0 Å². The summed E-state index contributed by atoms with van der Waals surface area (Å²) >= 11 is 12.3. The predicted octanol–water partition coefficient (Wildman–Crippen LogP) is 5.88. The van der Waals surface area contributed by atoms with E-state index >= 15 is 0 Å². The number of benzene rings is 2. The molecule has 0 unspecified atom stereocenters. The Balaban J connectivity index is 1.37. The van der Waals surface area contributed by atoms with Crippen LogP contribution in [0.1, 0.15) is 39.3 Å². The van der Waals surface area contributed by atoms with Gasteiger partial charge in [-0.25, -0.2) is 0 Å². The van der Waals surface area contributed by atoms with Crippen LogP contribution in [0.3, 0.4) is 0 Å². The number of fused-ring (bicyclic) bond motifs is 3. The molecule has 3 heterocycles. The highest BCUT2D eigenvalue weighted by molar-refractivity contribution is 6.31. The van der Waals surface area contributed by atoms with Crippen LogP contribution >= 0.6 is 23.2 Å². The van der Waals surface area contributed by atoms with Gasteiger partial charge < -0.3 is 9.42 Å². The zero-order valence-electron chi connectivity index (χ0n) is 17.2. The predicted molar refractivity (Wildman–Crippen MR) is 124 cm³/mol. The Morgan fingerprint density at radius 3 is 2.59 bits per heavy atom. The van der Waals surface area contributed by atoms with Gasteiger partial charge in [0.2, 0.25) is 0 Å². The number of halogens is 2. The maximum absolute atomic E-state index is 13.8. The zero-order chi connectivity index (χ0) is 21.8. The lowest BCUT2D eigenvalue weighted by Gasteiger charge is -2.27. The molecule has 32 heavy (non-hydrogen) atoms. The minimum atomic E-state index is 0.0134. The van der Waals surface area contributed by atoms with Gasteiger partial charge in [0.25, 0.3) is 5.91 Å². The summed E-state index contributed by atoms with van der Waals surface area (Å²) in [6.45, 7) is 1.03. The van der Waals surface area contributed by atoms with Gasteiger partial charge in [0.15, 0.2) is 5.76 Å². The van der Waals surface area contributed by atoms with Gasteiger partial charge >= 0.3 is 0 Å². The lowest BCUT2D eigenvalue weighted by Crippen LogP contribution is -2.36. The lowest BCUT2D eigenvalue weighted by molar-refractivity contribution is 0.0732. The molecule has 2 aromatic heterocycles. The van der Waals surface area contributed by atoms with E-state index in [-0.39, 0.29) is 5.91 Å².